The number of sulfonamides is 1. The highest BCUT2D eigenvalue weighted by molar-refractivity contribution is 7.88. The molecule has 0 amide bonds. The summed E-state index contributed by atoms with van der Waals surface area (Å²) in [5, 5.41) is 10.3. The van der Waals surface area contributed by atoms with Crippen molar-refractivity contribution >= 4 is 38.0 Å². The van der Waals surface area contributed by atoms with Gasteiger partial charge in [0.25, 0.3) is 0 Å². The molecule has 0 radical (unpaired) electrons. The number of thiazole rings is 1. The minimum atomic E-state index is -3.17. The fourth-order valence-corrected chi connectivity index (χ4v) is 6.89. The Bertz CT molecular complexity index is 1660. The summed E-state index contributed by atoms with van der Waals surface area (Å²) >= 11 is 1.51. The first-order chi connectivity index (χ1) is 18.1. The van der Waals surface area contributed by atoms with Gasteiger partial charge in [0.2, 0.25) is 10.0 Å². The second-order valence-corrected chi connectivity index (χ2v) is 12.8. The van der Waals surface area contributed by atoms with E-state index >= 15 is 0 Å². The minimum Gasteiger partial charge on any atom is -0.305 e. The third-order valence-electron chi connectivity index (χ3n) is 7.16. The highest BCUT2D eigenvalue weighted by Gasteiger charge is 2.27. The van der Waals surface area contributed by atoms with Crippen molar-refractivity contribution in [3.8, 4) is 17.3 Å². The number of hydrogen-bond donors (Lipinski definition) is 0. The lowest BCUT2D eigenvalue weighted by Gasteiger charge is -2.30. The number of aryl methyl sites for hydroxylation is 2. The van der Waals surface area contributed by atoms with Gasteiger partial charge in [0, 0.05) is 36.8 Å². The molecule has 1 aromatic carbocycles. The Kier molecular flexibility index (Phi) is 6.98. The first-order valence-electron chi connectivity index (χ1n) is 12.5. The topological polar surface area (TPSA) is 94.6 Å². The molecular weight excluding hydrogens is 523 g/mol. The van der Waals surface area contributed by atoms with Gasteiger partial charge in [-0.25, -0.2) is 27.1 Å². The lowest BCUT2D eigenvalue weighted by atomic mass is 9.91. The van der Waals surface area contributed by atoms with E-state index in [0.717, 1.165) is 52.0 Å². The summed E-state index contributed by atoms with van der Waals surface area (Å²) in [6.45, 7) is 5.06. The maximum atomic E-state index is 13.7. The fraction of sp³-hybridized carbons (Fsp3) is 0.370. The summed E-state index contributed by atoms with van der Waals surface area (Å²) in [7, 11) is -1.22. The molecule has 1 aliphatic heterocycles. The van der Waals surface area contributed by atoms with Gasteiger partial charge >= 0.3 is 0 Å². The van der Waals surface area contributed by atoms with Gasteiger partial charge in [-0.15, -0.1) is 11.3 Å². The summed E-state index contributed by atoms with van der Waals surface area (Å²) < 4.78 is 41.2. The summed E-state index contributed by atoms with van der Waals surface area (Å²) in [5.74, 6) is 0.726. The van der Waals surface area contributed by atoms with Gasteiger partial charge in [-0.05, 0) is 61.9 Å². The van der Waals surface area contributed by atoms with Crippen molar-refractivity contribution in [1.29, 1.82) is 5.26 Å². The van der Waals surface area contributed by atoms with Crippen LogP contribution in [0.2, 0.25) is 0 Å². The molecule has 8 nitrogen and oxygen atoms in total. The number of aromatic nitrogens is 3. The number of rotatable bonds is 6. The molecule has 11 heteroatoms. The normalized spacial score (nSPS) is 15.2. The van der Waals surface area contributed by atoms with Gasteiger partial charge in [-0.3, -0.25) is 4.40 Å². The fourth-order valence-electron chi connectivity index (χ4n) is 5.13. The van der Waals surface area contributed by atoms with Crippen LogP contribution in [0.1, 0.15) is 47.4 Å². The van der Waals surface area contributed by atoms with E-state index in [0.29, 0.717) is 24.3 Å². The molecule has 4 aromatic rings. The molecule has 0 spiro atoms. The van der Waals surface area contributed by atoms with Crippen LogP contribution >= 0.6 is 11.3 Å². The minimum absolute atomic E-state index is 0.253. The summed E-state index contributed by atoms with van der Waals surface area (Å²) in [6, 6.07) is 10.4. The maximum absolute atomic E-state index is 13.7. The molecular formula is C27H29FN6O2S2. The number of nitrogens with zero attached hydrogens (tertiary/aromatic N) is 6. The molecule has 4 heterocycles. The molecule has 0 bridgehead atoms. The Hall–Kier alpha value is -3.33. The molecule has 0 unspecified atom stereocenters. The van der Waals surface area contributed by atoms with Gasteiger partial charge in [0.15, 0.2) is 5.13 Å². The zero-order chi connectivity index (χ0) is 27.2. The molecule has 198 valence electrons. The van der Waals surface area contributed by atoms with Crippen LogP contribution in [0.4, 0.5) is 15.3 Å². The van der Waals surface area contributed by atoms with E-state index < -0.39 is 15.8 Å². The monoisotopic (exact) mass is 552 g/mol. The second-order valence-electron chi connectivity index (χ2n) is 9.62. The molecule has 3 aromatic heterocycles. The molecule has 1 aliphatic rings. The Morgan fingerprint density at radius 2 is 1.95 bits per heavy atom. The Morgan fingerprint density at radius 1 is 1.21 bits per heavy atom. The van der Waals surface area contributed by atoms with E-state index in [2.05, 4.69) is 29.7 Å². The largest absolute Gasteiger partial charge is 0.305 e. The van der Waals surface area contributed by atoms with Crippen molar-refractivity contribution in [1.82, 2.24) is 18.7 Å². The predicted molar refractivity (Wildman–Crippen MR) is 148 cm³/mol. The number of piperidine rings is 1. The van der Waals surface area contributed by atoms with Crippen molar-refractivity contribution < 1.29 is 12.8 Å². The number of hydrogen-bond acceptors (Lipinski definition) is 7. The molecule has 1 fully saturated rings. The van der Waals surface area contributed by atoms with E-state index in [-0.39, 0.29) is 11.5 Å². The first kappa shape index (κ1) is 26.3. The van der Waals surface area contributed by atoms with Crippen LogP contribution in [0.5, 0.6) is 0 Å². The first-order valence-corrected chi connectivity index (χ1v) is 15.1. The summed E-state index contributed by atoms with van der Waals surface area (Å²) in [6.07, 6.45) is 5.66. The SMILES string of the molecule is CCc1nc2ccc(C3CCN(S(C)(=O)=O)CC3)cn2c1N(C)c1nc(-c2ccc(F)cc2C#N)c(C)s1. The summed E-state index contributed by atoms with van der Waals surface area (Å²) in [5.41, 5.74) is 4.45. The predicted octanol–water partition coefficient (Wildman–Crippen LogP) is 5.25. The van der Waals surface area contributed by atoms with Crippen molar-refractivity contribution in [3.63, 3.8) is 0 Å². The third-order valence-corrected chi connectivity index (χ3v) is 9.51. The molecule has 5 rings (SSSR count). The standard InChI is InChI=1S/C27H29FN6O2S2/c1-5-23-26(32(3)27-31-25(17(2)37-27)22-8-7-21(28)14-20(22)15-29)34-16-19(6-9-24(34)30-23)18-10-12-33(13-11-18)38(4,35)36/h6-9,14,16,18H,5,10-13H2,1-4H3. The number of benzene rings is 1. The highest BCUT2D eigenvalue weighted by atomic mass is 32.2. The Morgan fingerprint density at radius 3 is 2.61 bits per heavy atom. The highest BCUT2D eigenvalue weighted by Crippen LogP contribution is 2.38. The molecule has 0 N–H and O–H groups in total. The van der Waals surface area contributed by atoms with Gasteiger partial charge in [-0.1, -0.05) is 13.0 Å². The van der Waals surface area contributed by atoms with Crippen molar-refractivity contribution in [2.24, 2.45) is 0 Å². The molecule has 0 saturated carbocycles. The van der Waals surface area contributed by atoms with E-state index in [4.69, 9.17) is 9.97 Å². The van der Waals surface area contributed by atoms with Crippen LogP contribution in [-0.2, 0) is 16.4 Å². The van der Waals surface area contributed by atoms with Crippen LogP contribution in [0.15, 0.2) is 36.5 Å². The average molecular weight is 553 g/mol. The number of nitriles is 1. The average Bonchev–Trinajstić information content (AvgIpc) is 3.47. The smallest absolute Gasteiger partial charge is 0.211 e. The molecule has 0 aliphatic carbocycles. The summed E-state index contributed by atoms with van der Waals surface area (Å²) in [4.78, 5) is 12.7. The van der Waals surface area contributed by atoms with Crippen molar-refractivity contribution in [2.75, 3.05) is 31.3 Å². The number of halogens is 1. The quantitative estimate of drug-likeness (QED) is 0.324. The van der Waals surface area contributed by atoms with Gasteiger partial charge in [0.1, 0.15) is 17.3 Å². The molecule has 1 saturated heterocycles. The lowest BCUT2D eigenvalue weighted by Crippen LogP contribution is -2.37. The zero-order valence-corrected chi connectivity index (χ0v) is 23.4. The van der Waals surface area contributed by atoms with Gasteiger partial charge in [-0.2, -0.15) is 5.26 Å². The van der Waals surface area contributed by atoms with Crippen molar-refractivity contribution in [3.05, 3.63) is 64.0 Å². The van der Waals surface area contributed by atoms with E-state index in [1.807, 2.05) is 24.9 Å². The van der Waals surface area contributed by atoms with Crippen LogP contribution in [-0.4, -0.2) is 53.5 Å². The lowest BCUT2D eigenvalue weighted by molar-refractivity contribution is 0.321. The Balaban J connectivity index is 1.51. The Labute approximate surface area is 226 Å². The second kappa shape index (κ2) is 10.1. The van der Waals surface area contributed by atoms with Gasteiger partial charge < -0.3 is 4.90 Å². The van der Waals surface area contributed by atoms with Crippen LogP contribution < -0.4 is 4.90 Å². The van der Waals surface area contributed by atoms with E-state index in [9.17, 15) is 18.1 Å². The van der Waals surface area contributed by atoms with Crippen molar-refractivity contribution in [2.45, 2.75) is 39.0 Å². The van der Waals surface area contributed by atoms with Crippen LogP contribution in [0.3, 0.4) is 0 Å². The van der Waals surface area contributed by atoms with Gasteiger partial charge in [0.05, 0.1) is 29.3 Å². The third kappa shape index (κ3) is 4.79. The number of fused-ring (bicyclic) bond motifs is 1. The van der Waals surface area contributed by atoms with Crippen LogP contribution in [0, 0.1) is 24.1 Å². The zero-order valence-electron chi connectivity index (χ0n) is 21.8. The number of anilines is 2. The van der Waals surface area contributed by atoms with Crippen LogP contribution in [0.25, 0.3) is 16.9 Å². The molecule has 38 heavy (non-hydrogen) atoms. The van der Waals surface area contributed by atoms with E-state index in [1.165, 1.54) is 29.7 Å². The maximum Gasteiger partial charge on any atom is 0.211 e. The molecule has 0 atom stereocenters. The number of pyridine rings is 1. The van der Waals surface area contributed by atoms with E-state index in [1.54, 1.807) is 10.4 Å². The number of imidazole rings is 1.